The predicted molar refractivity (Wildman–Crippen MR) is 136 cm³/mol. The molecule has 2 heterocycles. The molecule has 170 valence electrons. The van der Waals surface area contributed by atoms with Crippen LogP contribution in [0.1, 0.15) is 38.3 Å². The number of anilines is 1. The van der Waals surface area contributed by atoms with Crippen LogP contribution in [0.4, 0.5) is 5.69 Å². The third-order valence-electron chi connectivity index (χ3n) is 5.66. The zero-order chi connectivity index (χ0) is 20.7. The minimum absolute atomic E-state index is 0. The Labute approximate surface area is 198 Å². The van der Waals surface area contributed by atoms with Crippen LogP contribution in [0.15, 0.2) is 29.3 Å². The van der Waals surface area contributed by atoms with Crippen LogP contribution in [-0.2, 0) is 9.84 Å². The number of nitrogens with zero attached hydrogens (tertiary/aromatic N) is 3. The van der Waals surface area contributed by atoms with Crippen molar-refractivity contribution >= 4 is 45.5 Å². The number of hydrogen-bond acceptors (Lipinski definition) is 5. The topological polar surface area (TPSA) is 77.0 Å². The van der Waals surface area contributed by atoms with Crippen LogP contribution in [0.5, 0.6) is 0 Å². The first-order valence-electron chi connectivity index (χ1n) is 10.8. The fraction of sp³-hybridized carbons (Fsp3) is 0.667. The lowest BCUT2D eigenvalue weighted by Crippen LogP contribution is -2.42. The fourth-order valence-electron chi connectivity index (χ4n) is 3.85. The van der Waals surface area contributed by atoms with Gasteiger partial charge in [0.15, 0.2) is 15.8 Å². The van der Waals surface area contributed by atoms with Gasteiger partial charge in [0.25, 0.3) is 0 Å². The molecule has 0 aliphatic carbocycles. The van der Waals surface area contributed by atoms with Gasteiger partial charge in [-0.15, -0.1) is 24.0 Å². The third kappa shape index (κ3) is 7.56. The zero-order valence-corrected chi connectivity index (χ0v) is 21.3. The molecule has 0 saturated carbocycles. The standard InChI is InChI=1S/C21H35N5O2S.HI/c1-3-22-21(23-9-12-25-13-15-29(27,28)16-14-25)24-18(2)19-7-6-8-20(17-19)26-10-4-5-11-26;/h6-8,17-18H,3-5,9-16H2,1-2H3,(H2,22,23,24);1H. The molecule has 2 saturated heterocycles. The van der Waals surface area contributed by atoms with Crippen LogP contribution in [0.2, 0.25) is 0 Å². The van der Waals surface area contributed by atoms with Gasteiger partial charge in [-0.3, -0.25) is 9.89 Å². The van der Waals surface area contributed by atoms with E-state index in [-0.39, 0.29) is 41.5 Å². The molecule has 2 aliphatic heterocycles. The van der Waals surface area contributed by atoms with E-state index in [1.54, 1.807) is 0 Å². The van der Waals surface area contributed by atoms with Crippen molar-refractivity contribution in [3.05, 3.63) is 29.8 Å². The molecule has 0 radical (unpaired) electrons. The summed E-state index contributed by atoms with van der Waals surface area (Å²) in [7, 11) is -2.83. The minimum atomic E-state index is -2.83. The highest BCUT2D eigenvalue weighted by Crippen LogP contribution is 2.23. The first-order valence-corrected chi connectivity index (χ1v) is 12.6. The molecule has 1 atom stereocenters. The highest BCUT2D eigenvalue weighted by molar-refractivity contribution is 14.0. The lowest BCUT2D eigenvalue weighted by molar-refractivity contribution is 0.304. The highest BCUT2D eigenvalue weighted by Gasteiger charge is 2.21. The van der Waals surface area contributed by atoms with Gasteiger partial charge in [0.05, 0.1) is 24.1 Å². The quantitative estimate of drug-likeness (QED) is 0.309. The van der Waals surface area contributed by atoms with Gasteiger partial charge in [-0.05, 0) is 44.4 Å². The summed E-state index contributed by atoms with van der Waals surface area (Å²) in [6.07, 6.45) is 2.55. The molecule has 1 aromatic carbocycles. The van der Waals surface area contributed by atoms with Crippen molar-refractivity contribution in [1.82, 2.24) is 15.5 Å². The normalized spacial score (nSPS) is 20.5. The summed E-state index contributed by atoms with van der Waals surface area (Å²) in [5.74, 6) is 1.33. The summed E-state index contributed by atoms with van der Waals surface area (Å²) in [4.78, 5) is 9.33. The second-order valence-electron chi connectivity index (χ2n) is 7.91. The Balaban J connectivity index is 0.00000320. The van der Waals surface area contributed by atoms with E-state index in [0.717, 1.165) is 32.1 Å². The number of benzene rings is 1. The summed E-state index contributed by atoms with van der Waals surface area (Å²) >= 11 is 0. The molecule has 1 unspecified atom stereocenters. The lowest BCUT2D eigenvalue weighted by Gasteiger charge is -2.26. The van der Waals surface area contributed by atoms with E-state index in [4.69, 9.17) is 4.99 Å². The van der Waals surface area contributed by atoms with E-state index >= 15 is 0 Å². The monoisotopic (exact) mass is 549 g/mol. The SMILES string of the molecule is CCNC(=NCCN1CCS(=O)(=O)CC1)NC(C)c1cccc(N2CCCC2)c1.I. The molecule has 2 fully saturated rings. The number of sulfone groups is 1. The van der Waals surface area contributed by atoms with Crippen molar-refractivity contribution in [3.63, 3.8) is 0 Å². The second-order valence-corrected chi connectivity index (χ2v) is 10.2. The maximum absolute atomic E-state index is 11.6. The maximum Gasteiger partial charge on any atom is 0.191 e. The molecular formula is C21H36IN5O2S. The van der Waals surface area contributed by atoms with E-state index in [1.807, 2.05) is 0 Å². The van der Waals surface area contributed by atoms with Crippen LogP contribution < -0.4 is 15.5 Å². The van der Waals surface area contributed by atoms with Crippen molar-refractivity contribution in [2.45, 2.75) is 32.7 Å². The van der Waals surface area contributed by atoms with Crippen molar-refractivity contribution in [1.29, 1.82) is 0 Å². The first kappa shape index (κ1) is 25.2. The van der Waals surface area contributed by atoms with Crippen LogP contribution in [0.3, 0.4) is 0 Å². The lowest BCUT2D eigenvalue weighted by atomic mass is 10.1. The van der Waals surface area contributed by atoms with Crippen LogP contribution >= 0.6 is 24.0 Å². The van der Waals surface area contributed by atoms with Crippen LogP contribution in [0.25, 0.3) is 0 Å². The number of nitrogens with one attached hydrogen (secondary N) is 2. The van der Waals surface area contributed by atoms with Gasteiger partial charge in [-0.1, -0.05) is 12.1 Å². The molecule has 0 bridgehead atoms. The Morgan fingerprint density at radius 1 is 1.17 bits per heavy atom. The van der Waals surface area contributed by atoms with Gasteiger partial charge in [-0.2, -0.15) is 0 Å². The van der Waals surface area contributed by atoms with Gasteiger partial charge < -0.3 is 15.5 Å². The summed E-state index contributed by atoms with van der Waals surface area (Å²) in [5.41, 5.74) is 2.55. The molecular weight excluding hydrogens is 513 g/mol. The number of guanidine groups is 1. The highest BCUT2D eigenvalue weighted by atomic mass is 127. The number of rotatable bonds is 7. The van der Waals surface area contributed by atoms with Gasteiger partial charge in [-0.25, -0.2) is 8.42 Å². The molecule has 7 nitrogen and oxygen atoms in total. The molecule has 9 heteroatoms. The smallest absolute Gasteiger partial charge is 0.191 e. The maximum atomic E-state index is 11.6. The van der Waals surface area contributed by atoms with E-state index in [2.05, 4.69) is 58.5 Å². The molecule has 0 amide bonds. The largest absolute Gasteiger partial charge is 0.372 e. The average Bonchev–Trinajstić information content (AvgIpc) is 3.24. The molecule has 30 heavy (non-hydrogen) atoms. The van der Waals surface area contributed by atoms with E-state index < -0.39 is 9.84 Å². The summed E-state index contributed by atoms with van der Waals surface area (Å²) < 4.78 is 23.1. The average molecular weight is 550 g/mol. The zero-order valence-electron chi connectivity index (χ0n) is 18.1. The van der Waals surface area contributed by atoms with Crippen LogP contribution in [0, 0.1) is 0 Å². The second kappa shape index (κ2) is 12.1. The number of halogens is 1. The van der Waals surface area contributed by atoms with Crippen molar-refractivity contribution in [3.8, 4) is 0 Å². The minimum Gasteiger partial charge on any atom is -0.372 e. The Hall–Kier alpha value is -1.07. The van der Waals surface area contributed by atoms with Crippen molar-refractivity contribution in [2.24, 2.45) is 4.99 Å². The number of aliphatic imine (C=N–C) groups is 1. The summed E-state index contributed by atoms with van der Waals surface area (Å²) in [6, 6.07) is 8.92. The van der Waals surface area contributed by atoms with Gasteiger partial charge in [0, 0.05) is 45.0 Å². The molecule has 2 aliphatic rings. The van der Waals surface area contributed by atoms with Crippen LogP contribution in [-0.4, -0.2) is 76.6 Å². The molecule has 2 N–H and O–H groups in total. The molecule has 0 aromatic heterocycles. The van der Waals surface area contributed by atoms with Gasteiger partial charge >= 0.3 is 0 Å². The summed E-state index contributed by atoms with van der Waals surface area (Å²) in [5, 5.41) is 6.83. The Morgan fingerprint density at radius 2 is 1.87 bits per heavy atom. The fourth-order valence-corrected chi connectivity index (χ4v) is 5.13. The Bertz CT molecular complexity index is 782. The van der Waals surface area contributed by atoms with Gasteiger partial charge in [0.2, 0.25) is 0 Å². The molecule has 0 spiro atoms. The molecule has 1 aromatic rings. The first-order chi connectivity index (χ1) is 14.0. The number of hydrogen-bond donors (Lipinski definition) is 2. The van der Waals surface area contributed by atoms with E-state index in [0.29, 0.717) is 19.6 Å². The summed E-state index contributed by atoms with van der Waals surface area (Å²) in [6.45, 7) is 9.97. The molecule has 3 rings (SSSR count). The Kier molecular flexibility index (Phi) is 10.2. The van der Waals surface area contributed by atoms with E-state index in [1.165, 1.54) is 24.1 Å². The Morgan fingerprint density at radius 3 is 2.53 bits per heavy atom. The third-order valence-corrected chi connectivity index (χ3v) is 7.27. The van der Waals surface area contributed by atoms with Crippen molar-refractivity contribution in [2.75, 3.05) is 62.2 Å². The van der Waals surface area contributed by atoms with E-state index in [9.17, 15) is 8.42 Å². The predicted octanol–water partition coefficient (Wildman–Crippen LogP) is 2.25. The van der Waals surface area contributed by atoms with Gasteiger partial charge in [0.1, 0.15) is 0 Å². The van der Waals surface area contributed by atoms with Crippen molar-refractivity contribution < 1.29 is 8.42 Å².